The van der Waals surface area contributed by atoms with Gasteiger partial charge in [-0.15, -0.1) is 0 Å². The number of rotatable bonds is 6. The van der Waals surface area contributed by atoms with Crippen molar-refractivity contribution in [2.45, 2.75) is 0 Å². The van der Waals surface area contributed by atoms with Crippen LogP contribution >= 0.6 is 0 Å². The van der Waals surface area contributed by atoms with E-state index < -0.39 is 72.2 Å². The Morgan fingerprint density at radius 2 is 0.918 bits per heavy atom. The predicted octanol–water partition coefficient (Wildman–Crippen LogP) is 11.3. The van der Waals surface area contributed by atoms with E-state index in [0.29, 0.717) is 22.8 Å². The predicted molar refractivity (Wildman–Crippen MR) is 201 cm³/mol. The molecular weight excluding hydrogens is 597 g/mol. The van der Waals surface area contributed by atoms with Crippen LogP contribution < -0.4 is 0 Å². The van der Waals surface area contributed by atoms with E-state index in [-0.39, 0.29) is 39.2 Å². The monoisotopic (exact) mass is 638 g/mol. The highest BCUT2D eigenvalue weighted by Gasteiger charge is 2.15. The van der Waals surface area contributed by atoms with Gasteiger partial charge in [0, 0.05) is 33.2 Å². The molecule has 0 N–H and O–H groups in total. The fraction of sp³-hybridized carbons (Fsp3) is 0. The van der Waals surface area contributed by atoms with Gasteiger partial charge in [-0.3, -0.25) is 0 Å². The van der Waals surface area contributed by atoms with Crippen LogP contribution in [0.15, 0.2) is 182 Å². The van der Waals surface area contributed by atoms with Crippen molar-refractivity contribution >= 4 is 21.8 Å². The maximum atomic E-state index is 9.63. The van der Waals surface area contributed by atoms with Gasteiger partial charge in [-0.25, -0.2) is 15.0 Å². The quantitative estimate of drug-likeness (QED) is 0.182. The highest BCUT2D eigenvalue weighted by Crippen LogP contribution is 2.36. The number of fused-ring (bicyclic) bond motifs is 3. The number of para-hydroxylation sites is 2. The number of benzene rings is 7. The van der Waals surface area contributed by atoms with Crippen molar-refractivity contribution in [1.29, 1.82) is 0 Å². The standard InChI is InChI=1S/C45H30N4/c1-4-13-31(14-5-1)32-23-25-34(26-24-32)44-46-43(33-15-6-2-7-16-33)47-45(48-44)37-18-12-17-35(29-37)36-27-28-42-40(30-36)39-21-10-11-22-41(39)49(42)38-19-8-3-9-20-38/h1-30H/i3D,8D,9D,10D,11D,19D,20D,21D,22D,27D,28D,30D. The maximum absolute atomic E-state index is 9.63. The minimum Gasteiger partial charge on any atom is -0.309 e. The number of hydrogen-bond donors (Lipinski definition) is 0. The van der Waals surface area contributed by atoms with Crippen molar-refractivity contribution in [2.75, 3.05) is 0 Å². The molecule has 4 heteroatoms. The van der Waals surface area contributed by atoms with Crippen LogP contribution in [-0.2, 0) is 0 Å². The van der Waals surface area contributed by atoms with E-state index in [1.165, 1.54) is 0 Å². The number of hydrogen-bond acceptors (Lipinski definition) is 3. The van der Waals surface area contributed by atoms with Gasteiger partial charge in [-0.05, 0) is 58.5 Å². The van der Waals surface area contributed by atoms with Crippen molar-refractivity contribution in [2.24, 2.45) is 0 Å². The fourth-order valence-corrected chi connectivity index (χ4v) is 5.84. The second-order valence-corrected chi connectivity index (χ2v) is 11.2. The first-order valence-corrected chi connectivity index (χ1v) is 15.5. The lowest BCUT2D eigenvalue weighted by Crippen LogP contribution is -2.00. The smallest absolute Gasteiger partial charge is 0.164 e. The van der Waals surface area contributed by atoms with Crippen molar-refractivity contribution < 1.29 is 16.4 Å². The molecule has 0 spiro atoms. The maximum Gasteiger partial charge on any atom is 0.164 e. The Morgan fingerprint density at radius 1 is 0.388 bits per heavy atom. The molecule has 0 saturated carbocycles. The van der Waals surface area contributed by atoms with Crippen LogP contribution in [0.25, 0.3) is 83.9 Å². The van der Waals surface area contributed by atoms with Crippen LogP contribution in [0.5, 0.6) is 0 Å². The van der Waals surface area contributed by atoms with E-state index >= 15 is 0 Å². The lowest BCUT2D eigenvalue weighted by Gasteiger charge is -2.11. The first-order chi connectivity index (χ1) is 29.3. The lowest BCUT2D eigenvalue weighted by molar-refractivity contribution is 1.07. The molecule has 9 aromatic rings. The van der Waals surface area contributed by atoms with Gasteiger partial charge in [0.05, 0.1) is 27.5 Å². The van der Waals surface area contributed by atoms with E-state index in [4.69, 9.17) is 27.3 Å². The molecule has 49 heavy (non-hydrogen) atoms. The number of aromatic nitrogens is 4. The summed E-state index contributed by atoms with van der Waals surface area (Å²) in [4.78, 5) is 14.6. The van der Waals surface area contributed by atoms with Gasteiger partial charge in [-0.1, -0.05) is 145 Å². The van der Waals surface area contributed by atoms with E-state index in [9.17, 15) is 4.11 Å². The SMILES string of the molecule is [2H]c1c([2H])c([2H])c(-n2c3c([2H])c([2H])c([2H])c([2H])c3c3c([2H])c(-c4cccc(-c5nc(-c6ccccc6)nc(-c6ccc(-c7ccccc7)cc6)n5)c4)c([2H])c([2H])c32)c([2H])c1[2H]. The zero-order valence-electron chi connectivity index (χ0n) is 37.7. The largest absolute Gasteiger partial charge is 0.309 e. The molecule has 0 aliphatic carbocycles. The van der Waals surface area contributed by atoms with Gasteiger partial charge in [0.2, 0.25) is 0 Å². The second-order valence-electron chi connectivity index (χ2n) is 11.2. The third-order valence-corrected chi connectivity index (χ3v) is 8.20. The second kappa shape index (κ2) is 12.2. The summed E-state index contributed by atoms with van der Waals surface area (Å²) in [5, 5.41) is -0.348. The van der Waals surface area contributed by atoms with E-state index in [1.54, 1.807) is 24.3 Å². The van der Waals surface area contributed by atoms with E-state index in [0.717, 1.165) is 26.8 Å². The van der Waals surface area contributed by atoms with Crippen LogP contribution in [0.4, 0.5) is 0 Å². The van der Waals surface area contributed by atoms with Gasteiger partial charge in [0.1, 0.15) is 0 Å². The number of nitrogens with zero attached hydrogens (tertiary/aromatic N) is 4. The van der Waals surface area contributed by atoms with Crippen LogP contribution in [-0.4, -0.2) is 19.5 Å². The molecule has 0 amide bonds. The summed E-state index contributed by atoms with van der Waals surface area (Å²) in [7, 11) is 0. The molecule has 230 valence electrons. The minimum atomic E-state index is -0.704. The molecule has 0 bridgehead atoms. The van der Waals surface area contributed by atoms with Crippen molar-refractivity contribution in [1.82, 2.24) is 19.5 Å². The van der Waals surface area contributed by atoms with Crippen molar-refractivity contribution in [3.05, 3.63) is 182 Å². The minimum absolute atomic E-state index is 0.0408. The summed E-state index contributed by atoms with van der Waals surface area (Å²) >= 11 is 0. The molecule has 0 aliphatic heterocycles. The Hall–Kier alpha value is -6.65. The molecular formula is C45H30N4. The van der Waals surface area contributed by atoms with Crippen LogP contribution in [0, 0.1) is 0 Å². The Morgan fingerprint density at radius 3 is 1.65 bits per heavy atom. The summed E-state index contributed by atoms with van der Waals surface area (Å²) in [6, 6.07) is 26.7. The molecule has 7 aromatic carbocycles. The average Bonchev–Trinajstić information content (AvgIpc) is 3.65. The highest BCUT2D eigenvalue weighted by atomic mass is 15.0. The summed E-state index contributed by atoms with van der Waals surface area (Å²) < 4.78 is 107. The Balaban J connectivity index is 1.28. The summed E-state index contributed by atoms with van der Waals surface area (Å²) in [5.41, 5.74) is 3.27. The van der Waals surface area contributed by atoms with Crippen LogP contribution in [0.1, 0.15) is 16.4 Å². The van der Waals surface area contributed by atoms with Gasteiger partial charge >= 0.3 is 0 Å². The Labute approximate surface area is 301 Å². The normalized spacial score (nSPS) is 14.7. The average molecular weight is 639 g/mol. The molecule has 0 radical (unpaired) electrons. The molecule has 0 aliphatic rings. The van der Waals surface area contributed by atoms with Crippen LogP contribution in [0.3, 0.4) is 0 Å². The summed E-state index contributed by atoms with van der Waals surface area (Å²) in [5.74, 6) is 1.10. The summed E-state index contributed by atoms with van der Waals surface area (Å²) in [6.45, 7) is 0. The van der Waals surface area contributed by atoms with E-state index in [2.05, 4.69) is 0 Å². The van der Waals surface area contributed by atoms with Gasteiger partial charge in [0.15, 0.2) is 17.5 Å². The molecule has 0 saturated heterocycles. The van der Waals surface area contributed by atoms with Gasteiger partial charge in [0.25, 0.3) is 0 Å². The molecule has 0 atom stereocenters. The Bertz CT molecular complexity index is 3240. The molecule has 0 fully saturated rings. The van der Waals surface area contributed by atoms with Crippen LogP contribution in [0.2, 0.25) is 0 Å². The van der Waals surface area contributed by atoms with Gasteiger partial charge in [-0.2, -0.15) is 0 Å². The first-order valence-electron chi connectivity index (χ1n) is 21.5. The van der Waals surface area contributed by atoms with Crippen molar-refractivity contribution in [3.63, 3.8) is 0 Å². The summed E-state index contributed by atoms with van der Waals surface area (Å²) in [6.07, 6.45) is 0. The third-order valence-electron chi connectivity index (χ3n) is 8.20. The van der Waals surface area contributed by atoms with E-state index in [1.807, 2.05) is 84.9 Å². The Kier molecular flexibility index (Phi) is 4.63. The molecule has 2 heterocycles. The molecule has 9 rings (SSSR count). The molecule has 2 aromatic heterocycles. The first kappa shape index (κ1) is 18.6. The zero-order chi connectivity index (χ0) is 43.0. The fourth-order valence-electron chi connectivity index (χ4n) is 5.84. The zero-order valence-corrected chi connectivity index (χ0v) is 25.7. The van der Waals surface area contributed by atoms with Crippen molar-refractivity contribution in [3.8, 4) is 62.1 Å². The third kappa shape index (κ3) is 5.35. The topological polar surface area (TPSA) is 43.6 Å². The molecule has 4 nitrogen and oxygen atoms in total. The lowest BCUT2D eigenvalue weighted by atomic mass is 10.0. The van der Waals surface area contributed by atoms with Gasteiger partial charge < -0.3 is 4.57 Å². The molecule has 0 unspecified atom stereocenters. The highest BCUT2D eigenvalue weighted by molar-refractivity contribution is 6.10.